The van der Waals surface area contributed by atoms with Gasteiger partial charge in [0.15, 0.2) is 5.78 Å². The van der Waals surface area contributed by atoms with Gasteiger partial charge in [-0.05, 0) is 81.8 Å². The second kappa shape index (κ2) is 9.06. The Morgan fingerprint density at radius 2 is 1.84 bits per heavy atom. The summed E-state index contributed by atoms with van der Waals surface area (Å²) in [5.41, 5.74) is 3.96. The fourth-order valence-electron chi connectivity index (χ4n) is 6.64. The number of hydrogen-bond acceptors (Lipinski definition) is 3. The second-order valence-corrected chi connectivity index (χ2v) is 11.0. The van der Waals surface area contributed by atoms with Crippen molar-refractivity contribution in [3.8, 4) is 0 Å². The number of allylic oxidation sites excluding steroid dienone is 5. The van der Waals surface area contributed by atoms with E-state index in [2.05, 4.69) is 33.1 Å². The van der Waals surface area contributed by atoms with Gasteiger partial charge in [-0.3, -0.25) is 9.59 Å². The van der Waals surface area contributed by atoms with E-state index in [0.29, 0.717) is 29.7 Å². The third kappa shape index (κ3) is 3.80. The average Bonchev–Trinajstić information content (AvgIpc) is 3.37. The Bertz CT molecular complexity index is 892. The number of carbonyl (C=O) groups is 2. The van der Waals surface area contributed by atoms with E-state index >= 15 is 0 Å². The van der Waals surface area contributed by atoms with Crippen molar-refractivity contribution < 1.29 is 14.7 Å². The molecule has 32 heavy (non-hydrogen) atoms. The Labute approximate surface area is 198 Å². The van der Waals surface area contributed by atoms with Crippen LogP contribution in [0, 0.1) is 22.7 Å². The molecule has 0 bridgehead atoms. The number of hydrogen-bond donors (Lipinski definition) is 1. The second-order valence-electron chi connectivity index (χ2n) is 10.7. The van der Waals surface area contributed by atoms with Crippen LogP contribution in [0.4, 0.5) is 0 Å². The molecule has 5 atom stereocenters. The minimum atomic E-state index is -0.677. The fourth-order valence-corrected chi connectivity index (χ4v) is 6.89. The van der Waals surface area contributed by atoms with Gasteiger partial charge in [-0.15, -0.1) is 11.6 Å². The molecule has 0 amide bonds. The Kier molecular flexibility index (Phi) is 7.13. The number of fused-ring (bicyclic) bond motifs is 2. The molecular weight excluding hydrogens is 420 g/mol. The van der Waals surface area contributed by atoms with Crippen LogP contribution in [0.5, 0.6) is 0 Å². The summed E-state index contributed by atoms with van der Waals surface area (Å²) < 4.78 is 0. The number of Topliss-reactive ketones (excluding diaryl/α,β-unsaturated/α-hetero) is 1. The van der Waals surface area contributed by atoms with Crippen LogP contribution < -0.4 is 0 Å². The Morgan fingerprint density at radius 3 is 2.47 bits per heavy atom. The van der Waals surface area contributed by atoms with E-state index in [0.717, 1.165) is 62.4 Å². The van der Waals surface area contributed by atoms with Crippen LogP contribution in [0.25, 0.3) is 0 Å². The Hall–Kier alpha value is -1.45. The number of ketones is 1. The average molecular weight is 459 g/mol. The zero-order chi connectivity index (χ0) is 23.9. The largest absolute Gasteiger partial charge is 0.385 e. The first-order chi connectivity index (χ1) is 15.0. The zero-order valence-corrected chi connectivity index (χ0v) is 21.0. The lowest BCUT2D eigenvalue weighted by molar-refractivity contribution is -0.114. The van der Waals surface area contributed by atoms with Crippen LogP contribution in [0.1, 0.15) is 79.1 Å². The normalized spacial score (nSPS) is 38.3. The quantitative estimate of drug-likeness (QED) is 0.226. The monoisotopic (exact) mass is 458 g/mol. The molecule has 0 spiro atoms. The molecule has 0 aromatic heterocycles. The number of aliphatic hydroxyl groups is 1. The SMILES string of the molecule is C=C(C=O)C12CCC(=O)C1=C(C)C(C)CC2.C=C(CCl)C12CCC=C1C(C)(O)C(C)CC2. The molecule has 4 aliphatic carbocycles. The van der Waals surface area contributed by atoms with E-state index in [1.165, 1.54) is 11.1 Å². The lowest BCUT2D eigenvalue weighted by Crippen LogP contribution is -2.46. The highest BCUT2D eigenvalue weighted by Crippen LogP contribution is 2.58. The summed E-state index contributed by atoms with van der Waals surface area (Å²) in [5.74, 6) is 1.52. The maximum Gasteiger partial charge on any atom is 0.159 e. The Morgan fingerprint density at radius 1 is 1.19 bits per heavy atom. The summed E-state index contributed by atoms with van der Waals surface area (Å²) in [6.07, 6.45) is 10.6. The first-order valence-electron chi connectivity index (χ1n) is 12.0. The van der Waals surface area contributed by atoms with Crippen LogP contribution in [0.15, 0.2) is 47.1 Å². The highest BCUT2D eigenvalue weighted by Gasteiger charge is 2.52. The molecule has 1 N–H and O–H groups in total. The summed E-state index contributed by atoms with van der Waals surface area (Å²) in [7, 11) is 0. The van der Waals surface area contributed by atoms with Gasteiger partial charge in [0, 0.05) is 28.7 Å². The molecule has 4 rings (SSSR count). The van der Waals surface area contributed by atoms with E-state index in [4.69, 9.17) is 11.6 Å². The van der Waals surface area contributed by atoms with Crippen LogP contribution in [-0.4, -0.2) is 28.7 Å². The van der Waals surface area contributed by atoms with Gasteiger partial charge in [-0.2, -0.15) is 0 Å². The summed E-state index contributed by atoms with van der Waals surface area (Å²) in [6.45, 7) is 16.3. The van der Waals surface area contributed by atoms with Gasteiger partial charge in [0.1, 0.15) is 6.29 Å². The maximum absolute atomic E-state index is 12.0. The molecule has 0 aromatic carbocycles. The minimum Gasteiger partial charge on any atom is -0.385 e. The maximum atomic E-state index is 12.0. The van der Waals surface area contributed by atoms with Gasteiger partial charge in [0.05, 0.1) is 5.60 Å². The van der Waals surface area contributed by atoms with Gasteiger partial charge in [0.2, 0.25) is 0 Å². The van der Waals surface area contributed by atoms with Crippen molar-refractivity contribution in [3.63, 3.8) is 0 Å². The highest BCUT2D eigenvalue weighted by atomic mass is 35.5. The molecule has 2 fully saturated rings. The molecule has 0 radical (unpaired) electrons. The van der Waals surface area contributed by atoms with Gasteiger partial charge in [-0.1, -0.05) is 44.2 Å². The summed E-state index contributed by atoms with van der Waals surface area (Å²) in [5, 5.41) is 10.7. The van der Waals surface area contributed by atoms with E-state index < -0.39 is 5.60 Å². The topological polar surface area (TPSA) is 54.4 Å². The molecular formula is C28H39ClO3. The molecule has 0 aromatic rings. The smallest absolute Gasteiger partial charge is 0.159 e. The molecule has 3 nitrogen and oxygen atoms in total. The van der Waals surface area contributed by atoms with Crippen molar-refractivity contribution in [2.75, 3.05) is 5.88 Å². The van der Waals surface area contributed by atoms with E-state index in [1.54, 1.807) is 0 Å². The first kappa shape index (κ1) is 25.2. The van der Waals surface area contributed by atoms with Gasteiger partial charge >= 0.3 is 0 Å². The number of alkyl halides is 1. The molecule has 0 aliphatic heterocycles. The van der Waals surface area contributed by atoms with E-state index in [1.807, 2.05) is 13.8 Å². The van der Waals surface area contributed by atoms with Crippen molar-refractivity contribution >= 4 is 23.7 Å². The Balaban J connectivity index is 0.000000181. The fraction of sp³-hybridized carbons (Fsp3) is 0.643. The van der Waals surface area contributed by atoms with E-state index in [-0.39, 0.29) is 16.6 Å². The molecule has 4 heteroatoms. The molecule has 5 unspecified atom stereocenters. The van der Waals surface area contributed by atoms with E-state index in [9.17, 15) is 14.7 Å². The number of halogens is 1. The van der Waals surface area contributed by atoms with Crippen LogP contribution >= 0.6 is 11.6 Å². The molecule has 4 aliphatic rings. The van der Waals surface area contributed by atoms with Crippen molar-refractivity contribution in [2.45, 2.75) is 84.7 Å². The third-order valence-corrected chi connectivity index (χ3v) is 9.54. The van der Waals surface area contributed by atoms with Crippen molar-refractivity contribution in [1.29, 1.82) is 0 Å². The van der Waals surface area contributed by atoms with Gasteiger partial charge in [0.25, 0.3) is 0 Å². The van der Waals surface area contributed by atoms with Crippen molar-refractivity contribution in [2.24, 2.45) is 22.7 Å². The highest BCUT2D eigenvalue weighted by molar-refractivity contribution is 6.19. The van der Waals surface area contributed by atoms with Gasteiger partial charge < -0.3 is 5.11 Å². The summed E-state index contributed by atoms with van der Waals surface area (Å²) in [4.78, 5) is 23.0. The first-order valence-corrected chi connectivity index (χ1v) is 12.6. The summed E-state index contributed by atoms with van der Waals surface area (Å²) >= 11 is 5.97. The minimum absolute atomic E-state index is 0.00222. The zero-order valence-electron chi connectivity index (χ0n) is 20.2. The van der Waals surface area contributed by atoms with Gasteiger partial charge in [-0.25, -0.2) is 0 Å². The standard InChI is InChI=1S/C14H21ClO.C14H18O2/c1-10-6-8-14(11(2)9-15)7-4-5-12(14)13(10,3)16;1-9-4-6-14(10(2)8-15)7-5-12(16)13(14)11(9)3/h5,10,16H,2,4,6-9H2,1,3H3;8-9H,2,4-7H2,1,3H3. The van der Waals surface area contributed by atoms with Crippen LogP contribution in [0.2, 0.25) is 0 Å². The van der Waals surface area contributed by atoms with Crippen molar-refractivity contribution in [3.05, 3.63) is 47.1 Å². The third-order valence-electron chi connectivity index (χ3n) is 9.21. The summed E-state index contributed by atoms with van der Waals surface area (Å²) in [6, 6.07) is 0. The van der Waals surface area contributed by atoms with Crippen LogP contribution in [0.3, 0.4) is 0 Å². The van der Waals surface area contributed by atoms with Crippen molar-refractivity contribution in [1.82, 2.24) is 0 Å². The molecule has 176 valence electrons. The predicted octanol–water partition coefficient (Wildman–Crippen LogP) is 6.51. The molecule has 2 saturated carbocycles. The predicted molar refractivity (Wildman–Crippen MR) is 132 cm³/mol. The molecule has 0 heterocycles. The van der Waals surface area contributed by atoms with Crippen LogP contribution in [-0.2, 0) is 9.59 Å². The number of rotatable bonds is 4. The number of carbonyl (C=O) groups excluding carboxylic acids is 2. The molecule has 0 saturated heterocycles. The lowest BCUT2D eigenvalue weighted by Gasteiger charge is -2.48. The number of aldehydes is 1. The lowest BCUT2D eigenvalue weighted by atomic mass is 9.59.